The molecule has 0 bridgehead atoms. The number of nitrogens with zero attached hydrogens (tertiary/aromatic N) is 1. The van der Waals surface area contributed by atoms with Gasteiger partial charge < -0.3 is 14.9 Å². The molecule has 0 spiro atoms. The Balaban J connectivity index is 1.20. The number of aliphatic hydroxyl groups excluding tert-OH is 2. The summed E-state index contributed by atoms with van der Waals surface area (Å²) in [5, 5.41) is 25.4. The summed E-state index contributed by atoms with van der Waals surface area (Å²) < 4.78 is 5.45. The Hall–Kier alpha value is -1.37. The first-order valence-electron chi connectivity index (χ1n) is 14.6. The smallest absolute Gasteiger partial charge is 0.411 e. The number of fused-ring (bicyclic) bond motifs is 5. The van der Waals surface area contributed by atoms with Crippen LogP contribution in [-0.4, -0.2) is 40.1 Å². The number of halogens is 1. The molecule has 37 heavy (non-hydrogen) atoms. The Labute approximate surface area is 226 Å². The molecule has 4 aliphatic carbocycles. The van der Waals surface area contributed by atoms with E-state index in [2.05, 4.69) is 31.1 Å². The molecule has 1 amide bonds. The zero-order chi connectivity index (χ0) is 26.4. The third-order valence-corrected chi connectivity index (χ3v) is 11.7. The van der Waals surface area contributed by atoms with E-state index in [-0.39, 0.29) is 23.0 Å². The highest BCUT2D eigenvalue weighted by Crippen LogP contribution is 2.69. The molecule has 0 saturated heterocycles. The van der Waals surface area contributed by atoms with Crippen LogP contribution in [0.15, 0.2) is 18.5 Å². The van der Waals surface area contributed by atoms with Gasteiger partial charge in [-0.05, 0) is 110 Å². The van der Waals surface area contributed by atoms with Gasteiger partial charge in [0.15, 0.2) is 0 Å². The Bertz CT molecular complexity index is 977. The number of carbonyl (C=O) groups is 1. The summed E-state index contributed by atoms with van der Waals surface area (Å²) in [6, 6.07) is 1.65. The van der Waals surface area contributed by atoms with Crippen LogP contribution in [0.25, 0.3) is 0 Å². The molecule has 0 radical (unpaired) electrons. The lowest BCUT2D eigenvalue weighted by Gasteiger charge is -2.64. The highest BCUT2D eigenvalue weighted by Gasteiger charge is 2.64. The highest BCUT2D eigenvalue weighted by atomic mass is 35.5. The van der Waals surface area contributed by atoms with Crippen molar-refractivity contribution in [3.05, 3.63) is 23.5 Å². The van der Waals surface area contributed by atoms with E-state index in [9.17, 15) is 15.0 Å². The number of amides is 1. The van der Waals surface area contributed by atoms with Gasteiger partial charge in [-0.15, -0.1) is 0 Å². The Morgan fingerprint density at radius 1 is 1.11 bits per heavy atom. The van der Waals surface area contributed by atoms with Gasteiger partial charge in [0, 0.05) is 6.20 Å². The minimum atomic E-state index is -0.476. The van der Waals surface area contributed by atoms with Crippen LogP contribution in [0.1, 0.15) is 85.0 Å². The molecule has 1 aromatic heterocycles. The van der Waals surface area contributed by atoms with Gasteiger partial charge >= 0.3 is 6.09 Å². The quantitative estimate of drug-likeness (QED) is 0.355. The molecule has 0 unspecified atom stereocenters. The number of carbonyl (C=O) groups excluding carboxylic acids is 1. The van der Waals surface area contributed by atoms with Gasteiger partial charge in [-0.2, -0.15) is 0 Å². The molecule has 5 rings (SSSR count). The molecule has 4 fully saturated rings. The van der Waals surface area contributed by atoms with E-state index >= 15 is 0 Å². The van der Waals surface area contributed by atoms with E-state index in [0.717, 1.165) is 38.5 Å². The van der Waals surface area contributed by atoms with Crippen molar-refractivity contribution in [2.24, 2.45) is 46.3 Å². The lowest BCUT2D eigenvalue weighted by molar-refractivity contribution is -0.202. The van der Waals surface area contributed by atoms with E-state index < -0.39 is 6.09 Å². The van der Waals surface area contributed by atoms with Crippen LogP contribution in [0.2, 0.25) is 5.02 Å². The first-order chi connectivity index (χ1) is 17.7. The normalized spacial score (nSPS) is 42.9. The van der Waals surface area contributed by atoms with E-state index in [1.165, 1.54) is 31.9 Å². The van der Waals surface area contributed by atoms with Crippen LogP contribution in [0.3, 0.4) is 0 Å². The summed E-state index contributed by atoms with van der Waals surface area (Å²) in [5.41, 5.74) is 1.01. The average molecular weight is 533 g/mol. The van der Waals surface area contributed by atoms with Gasteiger partial charge in [-0.3, -0.25) is 10.3 Å². The SMILES string of the molecule is CC[C@H]1[C@@H](O)[C@@H]2[C@H](CC[C@]3(C)[C@@H](CCCOC(=O)Nc4cncc(Cl)c4)CC[C@@H]23)[C@@]2(C)CC[C@@H](O)C[C@@H]12. The van der Waals surface area contributed by atoms with Crippen LogP contribution < -0.4 is 5.32 Å². The lowest BCUT2D eigenvalue weighted by Crippen LogP contribution is -2.62. The van der Waals surface area contributed by atoms with Gasteiger partial charge in [0.25, 0.3) is 0 Å². The fourth-order valence-corrected chi connectivity index (χ4v) is 9.84. The molecule has 1 heterocycles. The van der Waals surface area contributed by atoms with E-state index in [1.807, 2.05) is 0 Å². The van der Waals surface area contributed by atoms with Crippen molar-refractivity contribution in [3.8, 4) is 0 Å². The molecule has 206 valence electrons. The molecular weight excluding hydrogens is 488 g/mol. The first kappa shape index (κ1) is 27.2. The predicted octanol–water partition coefficient (Wildman–Crippen LogP) is 6.69. The summed E-state index contributed by atoms with van der Waals surface area (Å²) in [4.78, 5) is 16.2. The van der Waals surface area contributed by atoms with Crippen molar-refractivity contribution < 1.29 is 19.7 Å². The number of nitrogens with one attached hydrogen (secondary N) is 1. The number of aromatic nitrogens is 1. The fourth-order valence-electron chi connectivity index (χ4n) is 9.67. The summed E-state index contributed by atoms with van der Waals surface area (Å²) in [7, 11) is 0. The molecule has 10 atom stereocenters. The third-order valence-electron chi connectivity index (χ3n) is 11.5. The number of anilines is 1. The van der Waals surface area contributed by atoms with Crippen molar-refractivity contribution in [1.29, 1.82) is 0 Å². The number of ether oxygens (including phenoxy) is 1. The van der Waals surface area contributed by atoms with Crippen LogP contribution >= 0.6 is 11.6 Å². The first-order valence-corrected chi connectivity index (χ1v) is 15.0. The largest absolute Gasteiger partial charge is 0.449 e. The molecule has 4 aliphatic rings. The number of aliphatic hydroxyl groups is 2. The Kier molecular flexibility index (Phi) is 7.83. The number of rotatable bonds is 6. The molecule has 7 heteroatoms. The topological polar surface area (TPSA) is 91.7 Å². The standard InChI is InChI=1S/C30H45ClN2O4/c1-4-22-25-15-21(34)9-11-30(25,3)24-10-12-29(2)18(7-8-23(29)26(24)27(22)35)6-5-13-37-28(36)33-20-14-19(31)16-32-17-20/h14,16-18,21-27,34-35H,4-13,15H2,1-3H3,(H,33,36)/t18-,21+,22+,23-,24-,25-,26-,27+,29+,30+/m0/s1. The molecule has 1 aromatic rings. The number of hydrogen-bond acceptors (Lipinski definition) is 5. The van der Waals surface area contributed by atoms with Crippen LogP contribution in [-0.2, 0) is 4.74 Å². The van der Waals surface area contributed by atoms with Gasteiger partial charge in [0.1, 0.15) is 0 Å². The van der Waals surface area contributed by atoms with Gasteiger partial charge in [-0.25, -0.2) is 4.79 Å². The Morgan fingerprint density at radius 2 is 1.86 bits per heavy atom. The minimum absolute atomic E-state index is 0.202. The number of hydrogen-bond donors (Lipinski definition) is 3. The van der Waals surface area contributed by atoms with Crippen LogP contribution in [0.5, 0.6) is 0 Å². The maximum absolute atomic E-state index is 12.2. The zero-order valence-corrected chi connectivity index (χ0v) is 23.4. The molecule has 3 N–H and O–H groups in total. The fraction of sp³-hybridized carbons (Fsp3) is 0.800. The van der Waals surface area contributed by atoms with E-state index in [4.69, 9.17) is 16.3 Å². The minimum Gasteiger partial charge on any atom is -0.449 e. The second-order valence-corrected chi connectivity index (χ2v) is 13.4. The molecule has 0 aliphatic heterocycles. The van der Waals surface area contributed by atoms with Gasteiger partial charge in [-0.1, -0.05) is 38.8 Å². The van der Waals surface area contributed by atoms with E-state index in [1.54, 1.807) is 12.3 Å². The summed E-state index contributed by atoms with van der Waals surface area (Å²) in [6.45, 7) is 7.60. The molecule has 4 saturated carbocycles. The van der Waals surface area contributed by atoms with Crippen LogP contribution in [0, 0.1) is 46.3 Å². The molecular formula is C30H45ClN2O4. The lowest BCUT2D eigenvalue weighted by atomic mass is 9.41. The van der Waals surface area contributed by atoms with Crippen molar-refractivity contribution in [2.45, 2.75) is 97.2 Å². The summed E-state index contributed by atoms with van der Waals surface area (Å²) in [6.07, 6.45) is 12.7. The second-order valence-electron chi connectivity index (χ2n) is 13.0. The zero-order valence-electron chi connectivity index (χ0n) is 22.7. The molecule has 6 nitrogen and oxygen atoms in total. The Morgan fingerprint density at radius 3 is 2.62 bits per heavy atom. The van der Waals surface area contributed by atoms with Crippen molar-refractivity contribution >= 4 is 23.4 Å². The monoisotopic (exact) mass is 532 g/mol. The summed E-state index contributed by atoms with van der Waals surface area (Å²) >= 11 is 5.93. The van der Waals surface area contributed by atoms with Crippen molar-refractivity contribution in [3.63, 3.8) is 0 Å². The molecule has 0 aromatic carbocycles. The third kappa shape index (κ3) is 4.91. The number of pyridine rings is 1. The van der Waals surface area contributed by atoms with Gasteiger partial charge in [0.05, 0.1) is 35.7 Å². The second kappa shape index (κ2) is 10.7. The van der Waals surface area contributed by atoms with Crippen LogP contribution in [0.4, 0.5) is 10.5 Å². The predicted molar refractivity (Wildman–Crippen MR) is 145 cm³/mol. The maximum atomic E-state index is 12.2. The van der Waals surface area contributed by atoms with E-state index in [0.29, 0.717) is 52.8 Å². The van der Waals surface area contributed by atoms with Crippen molar-refractivity contribution in [1.82, 2.24) is 4.98 Å². The highest BCUT2D eigenvalue weighted by molar-refractivity contribution is 6.30. The van der Waals surface area contributed by atoms with Gasteiger partial charge in [0.2, 0.25) is 0 Å². The maximum Gasteiger partial charge on any atom is 0.411 e. The average Bonchev–Trinajstić information content (AvgIpc) is 3.19. The van der Waals surface area contributed by atoms with Crippen molar-refractivity contribution in [2.75, 3.05) is 11.9 Å². The summed E-state index contributed by atoms with van der Waals surface area (Å²) in [5.74, 6) is 2.83.